The van der Waals surface area contributed by atoms with Crippen LogP contribution in [0.25, 0.3) is 0 Å². The number of ether oxygens (including phenoxy) is 1. The zero-order chi connectivity index (χ0) is 8.53. The van der Waals surface area contributed by atoms with E-state index in [0.29, 0.717) is 0 Å². The van der Waals surface area contributed by atoms with Crippen LogP contribution in [0.3, 0.4) is 0 Å². The predicted molar refractivity (Wildman–Crippen MR) is 49.8 cm³/mol. The Morgan fingerprint density at radius 2 is 1.91 bits per heavy atom. The van der Waals surface area contributed by atoms with Crippen LogP contribution in [-0.4, -0.2) is 13.7 Å². The van der Waals surface area contributed by atoms with Gasteiger partial charge >= 0.3 is 0 Å². The molecular weight excluding hydrogens is 136 g/mol. The first-order valence-electron chi connectivity index (χ1n) is 4.84. The summed E-state index contributed by atoms with van der Waals surface area (Å²) in [5.74, 6) is 0.798. The zero-order valence-corrected chi connectivity index (χ0v) is 8.23. The van der Waals surface area contributed by atoms with Crippen LogP contribution < -0.4 is 0 Å². The molecule has 0 rings (SSSR count). The Balaban J connectivity index is 3.20. The van der Waals surface area contributed by atoms with Crippen molar-refractivity contribution >= 4 is 0 Å². The quantitative estimate of drug-likeness (QED) is 0.517. The molecule has 11 heavy (non-hydrogen) atoms. The molecule has 0 spiro atoms. The molecule has 0 aliphatic carbocycles. The molecule has 0 N–H and O–H groups in total. The average Bonchev–Trinajstić information content (AvgIpc) is 2.03. The van der Waals surface area contributed by atoms with E-state index in [1.807, 2.05) is 0 Å². The molecule has 1 atom stereocenters. The normalized spacial score (nSPS) is 13.4. The molecule has 0 radical (unpaired) electrons. The molecule has 1 unspecified atom stereocenters. The van der Waals surface area contributed by atoms with Gasteiger partial charge in [-0.15, -0.1) is 0 Å². The van der Waals surface area contributed by atoms with E-state index >= 15 is 0 Å². The Bertz CT molecular complexity index is 71.3. The molecule has 0 aromatic rings. The smallest absolute Gasteiger partial charge is 0.0490 e. The fourth-order valence-corrected chi connectivity index (χ4v) is 1.32. The van der Waals surface area contributed by atoms with E-state index in [9.17, 15) is 0 Å². The van der Waals surface area contributed by atoms with E-state index in [1.54, 1.807) is 7.11 Å². The van der Waals surface area contributed by atoms with Crippen molar-refractivity contribution in [3.8, 4) is 0 Å². The van der Waals surface area contributed by atoms with Gasteiger partial charge in [0.25, 0.3) is 0 Å². The van der Waals surface area contributed by atoms with Crippen LogP contribution in [0.2, 0.25) is 0 Å². The highest BCUT2D eigenvalue weighted by atomic mass is 16.5. The molecule has 0 heterocycles. The lowest BCUT2D eigenvalue weighted by molar-refractivity contribution is 0.144. The second-order valence-electron chi connectivity index (χ2n) is 3.23. The van der Waals surface area contributed by atoms with Gasteiger partial charge in [0.15, 0.2) is 0 Å². The van der Waals surface area contributed by atoms with Crippen molar-refractivity contribution in [3.05, 3.63) is 0 Å². The van der Waals surface area contributed by atoms with Gasteiger partial charge in [-0.1, -0.05) is 39.5 Å². The zero-order valence-electron chi connectivity index (χ0n) is 8.23. The summed E-state index contributed by atoms with van der Waals surface area (Å²) in [6.07, 6.45) is 6.68. The molecule has 0 fully saturated rings. The van der Waals surface area contributed by atoms with Gasteiger partial charge in [0.2, 0.25) is 0 Å². The Morgan fingerprint density at radius 3 is 2.36 bits per heavy atom. The Hall–Kier alpha value is -0.0400. The summed E-state index contributed by atoms with van der Waals surface area (Å²) < 4.78 is 5.13. The number of rotatable bonds is 7. The van der Waals surface area contributed by atoms with E-state index < -0.39 is 0 Å². The number of unbranched alkanes of at least 4 members (excludes halogenated alkanes) is 2. The second kappa shape index (κ2) is 8.06. The van der Waals surface area contributed by atoms with Gasteiger partial charge in [0, 0.05) is 13.7 Å². The Kier molecular flexibility index (Phi) is 8.03. The van der Waals surface area contributed by atoms with Gasteiger partial charge in [-0.25, -0.2) is 0 Å². The molecule has 1 nitrogen and oxygen atoms in total. The van der Waals surface area contributed by atoms with Crippen molar-refractivity contribution < 1.29 is 4.74 Å². The molecule has 0 saturated heterocycles. The van der Waals surface area contributed by atoms with Gasteiger partial charge in [0.1, 0.15) is 0 Å². The highest BCUT2D eigenvalue weighted by Gasteiger charge is 2.03. The Labute approximate surface area is 71.1 Å². The number of hydrogen-bond donors (Lipinski definition) is 0. The lowest BCUT2D eigenvalue weighted by Gasteiger charge is -2.12. The van der Waals surface area contributed by atoms with Crippen LogP contribution in [0.5, 0.6) is 0 Å². The number of methoxy groups -OCH3 is 1. The van der Waals surface area contributed by atoms with Crippen LogP contribution in [0.4, 0.5) is 0 Å². The maximum absolute atomic E-state index is 5.13. The summed E-state index contributed by atoms with van der Waals surface area (Å²) in [5, 5.41) is 0. The van der Waals surface area contributed by atoms with Gasteiger partial charge in [0.05, 0.1) is 0 Å². The summed E-state index contributed by atoms with van der Waals surface area (Å²) in [6, 6.07) is 0. The summed E-state index contributed by atoms with van der Waals surface area (Å²) in [6.45, 7) is 5.44. The fourth-order valence-electron chi connectivity index (χ4n) is 1.32. The molecule has 0 bridgehead atoms. The standard InChI is InChI=1S/C10H22O/c1-4-6-7-8-10(5-2)9-11-3/h10H,4-9H2,1-3H3. The third kappa shape index (κ3) is 6.36. The minimum atomic E-state index is 0.798. The first kappa shape index (κ1) is 11.0. The summed E-state index contributed by atoms with van der Waals surface area (Å²) >= 11 is 0. The third-order valence-corrected chi connectivity index (χ3v) is 2.20. The maximum Gasteiger partial charge on any atom is 0.0490 e. The summed E-state index contributed by atoms with van der Waals surface area (Å²) in [7, 11) is 1.79. The van der Waals surface area contributed by atoms with Crippen molar-refractivity contribution in [2.24, 2.45) is 5.92 Å². The van der Waals surface area contributed by atoms with Crippen LogP contribution in [0.15, 0.2) is 0 Å². The molecule has 0 amide bonds. The van der Waals surface area contributed by atoms with Crippen molar-refractivity contribution in [2.45, 2.75) is 46.0 Å². The topological polar surface area (TPSA) is 9.23 Å². The molecule has 0 aromatic carbocycles. The van der Waals surface area contributed by atoms with Crippen LogP contribution >= 0.6 is 0 Å². The molecule has 68 valence electrons. The van der Waals surface area contributed by atoms with E-state index in [0.717, 1.165) is 12.5 Å². The van der Waals surface area contributed by atoms with E-state index in [1.165, 1.54) is 32.1 Å². The van der Waals surface area contributed by atoms with Gasteiger partial charge in [-0.3, -0.25) is 0 Å². The summed E-state index contributed by atoms with van der Waals surface area (Å²) in [5.41, 5.74) is 0. The fraction of sp³-hybridized carbons (Fsp3) is 1.00. The van der Waals surface area contributed by atoms with Crippen molar-refractivity contribution in [1.82, 2.24) is 0 Å². The lowest BCUT2D eigenvalue weighted by Crippen LogP contribution is -2.06. The second-order valence-corrected chi connectivity index (χ2v) is 3.23. The predicted octanol–water partition coefficient (Wildman–Crippen LogP) is 3.24. The molecule has 0 aliphatic rings. The Morgan fingerprint density at radius 1 is 1.18 bits per heavy atom. The van der Waals surface area contributed by atoms with E-state index in [-0.39, 0.29) is 0 Å². The number of hydrogen-bond acceptors (Lipinski definition) is 1. The molecular formula is C10H22O. The van der Waals surface area contributed by atoms with Gasteiger partial charge in [-0.2, -0.15) is 0 Å². The van der Waals surface area contributed by atoms with Crippen molar-refractivity contribution in [2.75, 3.05) is 13.7 Å². The van der Waals surface area contributed by atoms with Crippen LogP contribution in [0, 0.1) is 5.92 Å². The third-order valence-electron chi connectivity index (χ3n) is 2.20. The van der Waals surface area contributed by atoms with E-state index in [4.69, 9.17) is 4.74 Å². The monoisotopic (exact) mass is 158 g/mol. The van der Waals surface area contributed by atoms with Crippen LogP contribution in [0.1, 0.15) is 46.0 Å². The minimum absolute atomic E-state index is 0.798. The van der Waals surface area contributed by atoms with Crippen molar-refractivity contribution in [1.29, 1.82) is 0 Å². The van der Waals surface area contributed by atoms with Gasteiger partial charge < -0.3 is 4.74 Å². The molecule has 0 aromatic heterocycles. The first-order valence-corrected chi connectivity index (χ1v) is 4.84. The molecule has 0 aliphatic heterocycles. The highest BCUT2D eigenvalue weighted by molar-refractivity contribution is 4.55. The first-order chi connectivity index (χ1) is 5.35. The van der Waals surface area contributed by atoms with Gasteiger partial charge in [-0.05, 0) is 12.3 Å². The molecule has 1 heteroatoms. The van der Waals surface area contributed by atoms with Crippen LogP contribution in [-0.2, 0) is 4.74 Å². The minimum Gasteiger partial charge on any atom is -0.384 e. The molecule has 0 saturated carbocycles. The van der Waals surface area contributed by atoms with E-state index in [2.05, 4.69) is 13.8 Å². The highest BCUT2D eigenvalue weighted by Crippen LogP contribution is 2.13. The SMILES string of the molecule is CCCCCC(CC)COC. The largest absolute Gasteiger partial charge is 0.384 e. The summed E-state index contributed by atoms with van der Waals surface area (Å²) in [4.78, 5) is 0. The maximum atomic E-state index is 5.13. The lowest BCUT2D eigenvalue weighted by atomic mass is 10.00. The van der Waals surface area contributed by atoms with Crippen molar-refractivity contribution in [3.63, 3.8) is 0 Å². The average molecular weight is 158 g/mol.